The summed E-state index contributed by atoms with van der Waals surface area (Å²) < 4.78 is 3.75. The van der Waals surface area contributed by atoms with Crippen LogP contribution in [0.25, 0.3) is 5.82 Å². The van der Waals surface area contributed by atoms with Crippen molar-refractivity contribution in [2.45, 2.75) is 13.1 Å². The molecule has 0 fully saturated rings. The van der Waals surface area contributed by atoms with Crippen LogP contribution in [0.2, 0.25) is 0 Å². The Bertz CT molecular complexity index is 1000. The van der Waals surface area contributed by atoms with E-state index in [4.69, 9.17) is 0 Å². The monoisotopic (exact) mass is 340 g/mol. The SMILES string of the molecule is Cn1c(=O)ccn(CC(=O)NCc2ccnc(-n3cccn3)c2)c1=O. The van der Waals surface area contributed by atoms with Crippen LogP contribution < -0.4 is 16.6 Å². The number of nitrogens with zero attached hydrogens (tertiary/aromatic N) is 5. The fourth-order valence-electron chi connectivity index (χ4n) is 2.25. The molecule has 0 spiro atoms. The predicted octanol–water partition coefficient (Wildman–Crippen LogP) is -0.556. The van der Waals surface area contributed by atoms with E-state index in [2.05, 4.69) is 15.4 Å². The number of carbonyl (C=O) groups excluding carboxylic acids is 1. The Morgan fingerprint density at radius 3 is 2.80 bits per heavy atom. The number of hydrogen-bond acceptors (Lipinski definition) is 5. The number of nitrogens with one attached hydrogen (secondary N) is 1. The van der Waals surface area contributed by atoms with Crippen molar-refractivity contribution in [1.82, 2.24) is 29.2 Å². The molecule has 3 rings (SSSR count). The van der Waals surface area contributed by atoms with Crippen molar-refractivity contribution >= 4 is 5.91 Å². The molecule has 0 aliphatic carbocycles. The zero-order valence-corrected chi connectivity index (χ0v) is 13.5. The molecule has 0 saturated carbocycles. The molecule has 0 radical (unpaired) electrons. The van der Waals surface area contributed by atoms with Gasteiger partial charge in [-0.1, -0.05) is 0 Å². The molecule has 9 heteroatoms. The molecule has 3 aromatic heterocycles. The molecule has 0 saturated heterocycles. The summed E-state index contributed by atoms with van der Waals surface area (Å²) in [6.07, 6.45) is 6.38. The minimum Gasteiger partial charge on any atom is -0.350 e. The second kappa shape index (κ2) is 6.95. The lowest BCUT2D eigenvalue weighted by Crippen LogP contribution is -2.40. The first-order valence-electron chi connectivity index (χ1n) is 7.53. The molecule has 128 valence electrons. The van der Waals surface area contributed by atoms with E-state index in [1.165, 1.54) is 23.9 Å². The van der Waals surface area contributed by atoms with Crippen LogP contribution >= 0.6 is 0 Å². The first-order valence-corrected chi connectivity index (χ1v) is 7.53. The minimum absolute atomic E-state index is 0.163. The van der Waals surface area contributed by atoms with Gasteiger partial charge in [0, 0.05) is 44.4 Å². The molecule has 3 heterocycles. The van der Waals surface area contributed by atoms with E-state index in [-0.39, 0.29) is 19.0 Å². The van der Waals surface area contributed by atoms with E-state index in [0.29, 0.717) is 5.82 Å². The summed E-state index contributed by atoms with van der Waals surface area (Å²) in [6.45, 7) is 0.125. The van der Waals surface area contributed by atoms with Gasteiger partial charge in [-0.3, -0.25) is 18.7 Å². The van der Waals surface area contributed by atoms with Crippen molar-refractivity contribution in [3.63, 3.8) is 0 Å². The molecule has 3 aromatic rings. The summed E-state index contributed by atoms with van der Waals surface area (Å²) in [6, 6.07) is 6.63. The quantitative estimate of drug-likeness (QED) is 0.671. The largest absolute Gasteiger partial charge is 0.350 e. The van der Waals surface area contributed by atoms with Crippen molar-refractivity contribution in [2.24, 2.45) is 7.05 Å². The van der Waals surface area contributed by atoms with Gasteiger partial charge < -0.3 is 5.32 Å². The average Bonchev–Trinajstić information content (AvgIpc) is 3.15. The summed E-state index contributed by atoms with van der Waals surface area (Å²) in [4.78, 5) is 39.5. The van der Waals surface area contributed by atoms with Crippen LogP contribution in [0.15, 0.2) is 58.6 Å². The van der Waals surface area contributed by atoms with E-state index in [0.717, 1.165) is 10.1 Å². The lowest BCUT2D eigenvalue weighted by atomic mass is 10.2. The van der Waals surface area contributed by atoms with E-state index in [1.807, 2.05) is 6.07 Å². The van der Waals surface area contributed by atoms with E-state index < -0.39 is 11.2 Å². The Morgan fingerprint density at radius 1 is 1.20 bits per heavy atom. The molecular weight excluding hydrogens is 324 g/mol. The molecule has 0 unspecified atom stereocenters. The van der Waals surface area contributed by atoms with Crippen molar-refractivity contribution in [1.29, 1.82) is 0 Å². The van der Waals surface area contributed by atoms with Gasteiger partial charge >= 0.3 is 5.69 Å². The van der Waals surface area contributed by atoms with Gasteiger partial charge in [0.2, 0.25) is 5.91 Å². The van der Waals surface area contributed by atoms with Crippen LogP contribution in [0, 0.1) is 0 Å². The van der Waals surface area contributed by atoms with Crippen LogP contribution in [0.4, 0.5) is 0 Å². The summed E-state index contributed by atoms with van der Waals surface area (Å²) in [7, 11) is 1.37. The second-order valence-corrected chi connectivity index (χ2v) is 5.37. The molecule has 0 aliphatic rings. The van der Waals surface area contributed by atoms with Gasteiger partial charge in [-0.15, -0.1) is 0 Å². The molecule has 1 amide bonds. The van der Waals surface area contributed by atoms with Gasteiger partial charge in [0.1, 0.15) is 6.54 Å². The predicted molar refractivity (Wildman–Crippen MR) is 89.1 cm³/mol. The Hall–Kier alpha value is -3.49. The summed E-state index contributed by atoms with van der Waals surface area (Å²) in [5, 5.41) is 6.84. The highest BCUT2D eigenvalue weighted by molar-refractivity contribution is 5.75. The smallest absolute Gasteiger partial charge is 0.331 e. The van der Waals surface area contributed by atoms with Gasteiger partial charge in [0.15, 0.2) is 5.82 Å². The number of rotatable bonds is 5. The minimum atomic E-state index is -0.535. The van der Waals surface area contributed by atoms with Gasteiger partial charge in [-0.05, 0) is 23.8 Å². The number of amides is 1. The van der Waals surface area contributed by atoms with E-state index >= 15 is 0 Å². The molecule has 0 aliphatic heterocycles. The van der Waals surface area contributed by atoms with Gasteiger partial charge in [0.25, 0.3) is 5.56 Å². The third-order valence-electron chi connectivity index (χ3n) is 3.61. The fourth-order valence-corrected chi connectivity index (χ4v) is 2.25. The van der Waals surface area contributed by atoms with Crippen molar-refractivity contribution in [2.75, 3.05) is 0 Å². The van der Waals surface area contributed by atoms with Gasteiger partial charge in [-0.2, -0.15) is 5.10 Å². The first kappa shape index (κ1) is 16.4. The third-order valence-corrected chi connectivity index (χ3v) is 3.61. The van der Waals surface area contributed by atoms with E-state index in [9.17, 15) is 14.4 Å². The zero-order valence-electron chi connectivity index (χ0n) is 13.5. The summed E-state index contributed by atoms with van der Waals surface area (Å²) in [5.74, 6) is 0.309. The molecule has 9 nitrogen and oxygen atoms in total. The summed E-state index contributed by atoms with van der Waals surface area (Å²) in [5.41, 5.74) is -0.0983. The Labute approximate surface area is 142 Å². The average molecular weight is 340 g/mol. The zero-order chi connectivity index (χ0) is 17.8. The molecular formula is C16H16N6O3. The Kier molecular flexibility index (Phi) is 4.55. The number of carbonyl (C=O) groups is 1. The maximum atomic E-state index is 12.1. The molecule has 25 heavy (non-hydrogen) atoms. The lowest BCUT2D eigenvalue weighted by molar-refractivity contribution is -0.121. The normalized spacial score (nSPS) is 10.6. The standard InChI is InChI=1S/C16H16N6O3/c1-20-15(24)4-8-21(16(20)25)11-14(23)18-10-12-3-6-17-13(9-12)22-7-2-5-19-22/h2-9H,10-11H2,1H3,(H,18,23). The Morgan fingerprint density at radius 2 is 2.04 bits per heavy atom. The fraction of sp³-hybridized carbons (Fsp3) is 0.188. The maximum Gasteiger partial charge on any atom is 0.331 e. The molecule has 0 aromatic carbocycles. The van der Waals surface area contributed by atoms with Crippen LogP contribution in [0.1, 0.15) is 5.56 Å². The first-order chi connectivity index (χ1) is 12.0. The Balaban J connectivity index is 1.65. The highest BCUT2D eigenvalue weighted by Crippen LogP contribution is 2.05. The highest BCUT2D eigenvalue weighted by atomic mass is 16.2. The summed E-state index contributed by atoms with van der Waals surface area (Å²) >= 11 is 0. The van der Waals surface area contributed by atoms with Gasteiger partial charge in [-0.25, -0.2) is 14.5 Å². The van der Waals surface area contributed by atoms with Gasteiger partial charge in [0.05, 0.1) is 0 Å². The highest BCUT2D eigenvalue weighted by Gasteiger charge is 2.07. The van der Waals surface area contributed by atoms with Crippen molar-refractivity contribution in [3.05, 3.63) is 75.5 Å². The number of hydrogen-bond donors (Lipinski definition) is 1. The second-order valence-electron chi connectivity index (χ2n) is 5.37. The number of aromatic nitrogens is 5. The maximum absolute atomic E-state index is 12.1. The molecule has 0 bridgehead atoms. The van der Waals surface area contributed by atoms with Crippen molar-refractivity contribution in [3.8, 4) is 5.82 Å². The van der Waals surface area contributed by atoms with Crippen LogP contribution in [-0.2, 0) is 24.9 Å². The van der Waals surface area contributed by atoms with Crippen LogP contribution in [0.5, 0.6) is 0 Å². The molecule has 0 atom stereocenters. The molecule has 1 N–H and O–H groups in total. The van der Waals surface area contributed by atoms with E-state index in [1.54, 1.807) is 35.4 Å². The van der Waals surface area contributed by atoms with Crippen LogP contribution in [-0.4, -0.2) is 29.8 Å². The lowest BCUT2D eigenvalue weighted by Gasteiger charge is -2.09. The third kappa shape index (κ3) is 3.71. The topological polar surface area (TPSA) is 104 Å². The van der Waals surface area contributed by atoms with Crippen molar-refractivity contribution < 1.29 is 4.79 Å². The van der Waals surface area contributed by atoms with Crippen LogP contribution in [0.3, 0.4) is 0 Å². The number of pyridine rings is 1.